The van der Waals surface area contributed by atoms with Crippen molar-refractivity contribution >= 4 is 0 Å². The van der Waals surface area contributed by atoms with Gasteiger partial charge in [-0.15, -0.1) is 0 Å². The lowest BCUT2D eigenvalue weighted by molar-refractivity contribution is 0.481. The van der Waals surface area contributed by atoms with Crippen LogP contribution < -0.4 is 0 Å². The van der Waals surface area contributed by atoms with E-state index in [-0.39, 0.29) is 6.67 Å². The zero-order valence-corrected chi connectivity index (χ0v) is 8.22. The first-order valence-corrected chi connectivity index (χ1v) is 5.01. The van der Waals surface area contributed by atoms with Gasteiger partial charge in [-0.05, 0) is 24.0 Å². The molecule has 0 fully saturated rings. The Morgan fingerprint density at radius 3 is 2.38 bits per heavy atom. The standard InChI is InChI=1S/C12H17F/c1-2-3-4-7-11-8-5-6-9-12(11)10-13/h5-6,8-9H,2-4,7,10H2,1H3. The maximum absolute atomic E-state index is 12.5. The average molecular weight is 180 g/mol. The van der Waals surface area contributed by atoms with Gasteiger partial charge in [0.05, 0.1) is 0 Å². The van der Waals surface area contributed by atoms with E-state index in [4.69, 9.17) is 0 Å². The van der Waals surface area contributed by atoms with Crippen LogP contribution in [0.1, 0.15) is 37.3 Å². The summed E-state index contributed by atoms with van der Waals surface area (Å²) in [5.74, 6) is 0. The Hall–Kier alpha value is -0.850. The van der Waals surface area contributed by atoms with E-state index in [1.165, 1.54) is 24.8 Å². The van der Waals surface area contributed by atoms with Crippen LogP contribution in [0.2, 0.25) is 0 Å². The molecule has 0 spiro atoms. The Balaban J connectivity index is 2.54. The Morgan fingerprint density at radius 2 is 1.77 bits per heavy atom. The van der Waals surface area contributed by atoms with Crippen molar-refractivity contribution in [2.45, 2.75) is 39.3 Å². The molecule has 72 valence electrons. The summed E-state index contributed by atoms with van der Waals surface area (Å²) in [7, 11) is 0. The van der Waals surface area contributed by atoms with Crippen LogP contribution in [0.25, 0.3) is 0 Å². The minimum absolute atomic E-state index is 0.331. The van der Waals surface area contributed by atoms with Gasteiger partial charge >= 0.3 is 0 Å². The summed E-state index contributed by atoms with van der Waals surface area (Å²) in [6.07, 6.45) is 4.65. The zero-order valence-electron chi connectivity index (χ0n) is 8.22. The molecule has 0 N–H and O–H groups in total. The SMILES string of the molecule is CCCCCc1ccccc1CF. The van der Waals surface area contributed by atoms with Gasteiger partial charge in [0.25, 0.3) is 0 Å². The second kappa shape index (κ2) is 5.74. The molecule has 0 aliphatic carbocycles. The van der Waals surface area contributed by atoms with Crippen molar-refractivity contribution in [2.75, 3.05) is 0 Å². The number of benzene rings is 1. The molecule has 13 heavy (non-hydrogen) atoms. The van der Waals surface area contributed by atoms with Gasteiger partial charge in [-0.25, -0.2) is 4.39 Å². The van der Waals surface area contributed by atoms with Gasteiger partial charge in [-0.2, -0.15) is 0 Å². The fourth-order valence-corrected chi connectivity index (χ4v) is 1.50. The molecule has 0 aliphatic heterocycles. The van der Waals surface area contributed by atoms with Crippen molar-refractivity contribution in [2.24, 2.45) is 0 Å². The average Bonchev–Trinajstić information content (AvgIpc) is 2.19. The highest BCUT2D eigenvalue weighted by molar-refractivity contribution is 5.26. The van der Waals surface area contributed by atoms with Crippen molar-refractivity contribution in [3.05, 3.63) is 35.4 Å². The topological polar surface area (TPSA) is 0 Å². The van der Waals surface area contributed by atoms with Crippen LogP contribution in [0.3, 0.4) is 0 Å². The van der Waals surface area contributed by atoms with E-state index in [1.807, 2.05) is 24.3 Å². The summed E-state index contributed by atoms with van der Waals surface area (Å²) in [6, 6.07) is 7.80. The number of hydrogen-bond acceptors (Lipinski definition) is 0. The summed E-state index contributed by atoms with van der Waals surface area (Å²) in [5.41, 5.74) is 2.04. The fraction of sp³-hybridized carbons (Fsp3) is 0.500. The van der Waals surface area contributed by atoms with Gasteiger partial charge < -0.3 is 0 Å². The Morgan fingerprint density at radius 1 is 1.08 bits per heavy atom. The molecule has 0 aromatic heterocycles. The molecule has 0 bridgehead atoms. The first-order chi connectivity index (χ1) is 6.38. The van der Waals surface area contributed by atoms with Crippen LogP contribution in [0, 0.1) is 0 Å². The van der Waals surface area contributed by atoms with Gasteiger partial charge in [0.1, 0.15) is 6.67 Å². The number of unbranched alkanes of at least 4 members (excludes halogenated alkanes) is 2. The largest absolute Gasteiger partial charge is 0.246 e. The Bertz CT molecular complexity index is 243. The van der Waals surface area contributed by atoms with Crippen LogP contribution >= 0.6 is 0 Å². The fourth-order valence-electron chi connectivity index (χ4n) is 1.50. The molecule has 1 aromatic rings. The summed E-state index contributed by atoms with van der Waals surface area (Å²) in [4.78, 5) is 0. The predicted molar refractivity (Wildman–Crippen MR) is 54.5 cm³/mol. The van der Waals surface area contributed by atoms with Crippen LogP contribution in [0.5, 0.6) is 0 Å². The maximum Gasteiger partial charge on any atom is 0.115 e. The minimum atomic E-state index is -0.331. The van der Waals surface area contributed by atoms with Crippen molar-refractivity contribution in [1.82, 2.24) is 0 Å². The van der Waals surface area contributed by atoms with E-state index in [9.17, 15) is 4.39 Å². The molecule has 0 nitrogen and oxygen atoms in total. The molecular formula is C12H17F. The lowest BCUT2D eigenvalue weighted by Gasteiger charge is -2.05. The van der Waals surface area contributed by atoms with Gasteiger partial charge in [0.15, 0.2) is 0 Å². The van der Waals surface area contributed by atoms with Crippen molar-refractivity contribution in [3.63, 3.8) is 0 Å². The second-order valence-electron chi connectivity index (χ2n) is 3.36. The summed E-state index contributed by atoms with van der Waals surface area (Å²) in [6.45, 7) is 1.85. The minimum Gasteiger partial charge on any atom is -0.246 e. The molecule has 0 unspecified atom stereocenters. The van der Waals surface area contributed by atoms with E-state index < -0.39 is 0 Å². The molecule has 0 saturated heterocycles. The molecule has 1 rings (SSSR count). The third-order valence-corrected chi connectivity index (χ3v) is 2.31. The van der Waals surface area contributed by atoms with Crippen LogP contribution in [0.15, 0.2) is 24.3 Å². The normalized spacial score (nSPS) is 10.3. The van der Waals surface area contributed by atoms with Crippen molar-refractivity contribution in [3.8, 4) is 0 Å². The van der Waals surface area contributed by atoms with Gasteiger partial charge in [0, 0.05) is 0 Å². The molecule has 1 heteroatoms. The van der Waals surface area contributed by atoms with Gasteiger partial charge in [-0.1, -0.05) is 44.0 Å². The van der Waals surface area contributed by atoms with Crippen LogP contribution in [-0.4, -0.2) is 0 Å². The zero-order chi connectivity index (χ0) is 9.52. The molecule has 0 radical (unpaired) electrons. The maximum atomic E-state index is 12.5. The quantitative estimate of drug-likeness (QED) is 0.603. The molecular weight excluding hydrogens is 163 g/mol. The smallest absolute Gasteiger partial charge is 0.115 e. The van der Waals surface area contributed by atoms with Crippen LogP contribution in [0.4, 0.5) is 4.39 Å². The lowest BCUT2D eigenvalue weighted by atomic mass is 10.0. The molecule has 0 amide bonds. The summed E-state index contributed by atoms with van der Waals surface area (Å²) >= 11 is 0. The number of halogens is 1. The Labute approximate surface area is 79.8 Å². The molecule has 0 saturated carbocycles. The molecule has 1 aromatic carbocycles. The number of hydrogen-bond donors (Lipinski definition) is 0. The van der Waals surface area contributed by atoms with E-state index in [2.05, 4.69) is 6.92 Å². The third-order valence-electron chi connectivity index (χ3n) is 2.31. The van der Waals surface area contributed by atoms with Crippen molar-refractivity contribution in [1.29, 1.82) is 0 Å². The number of alkyl halides is 1. The first-order valence-electron chi connectivity index (χ1n) is 5.01. The number of rotatable bonds is 5. The summed E-state index contributed by atoms with van der Waals surface area (Å²) in [5, 5.41) is 0. The van der Waals surface area contributed by atoms with Gasteiger partial charge in [-0.3, -0.25) is 0 Å². The van der Waals surface area contributed by atoms with E-state index >= 15 is 0 Å². The first kappa shape index (κ1) is 10.2. The van der Waals surface area contributed by atoms with Gasteiger partial charge in [0.2, 0.25) is 0 Å². The highest BCUT2D eigenvalue weighted by Gasteiger charge is 1.99. The predicted octanol–water partition coefficient (Wildman–Crippen LogP) is 3.89. The molecule has 0 aliphatic rings. The highest BCUT2D eigenvalue weighted by atomic mass is 19.1. The highest BCUT2D eigenvalue weighted by Crippen LogP contribution is 2.13. The number of aryl methyl sites for hydroxylation is 1. The summed E-state index contributed by atoms with van der Waals surface area (Å²) < 4.78 is 12.5. The monoisotopic (exact) mass is 180 g/mol. The molecule has 0 heterocycles. The van der Waals surface area contributed by atoms with E-state index in [0.717, 1.165) is 12.0 Å². The Kier molecular flexibility index (Phi) is 4.52. The lowest BCUT2D eigenvalue weighted by Crippen LogP contribution is -1.91. The second-order valence-corrected chi connectivity index (χ2v) is 3.36. The third kappa shape index (κ3) is 3.17. The van der Waals surface area contributed by atoms with Crippen LogP contribution in [-0.2, 0) is 13.1 Å². The molecule has 0 atom stereocenters. The van der Waals surface area contributed by atoms with E-state index in [1.54, 1.807) is 0 Å². The van der Waals surface area contributed by atoms with Crippen molar-refractivity contribution < 1.29 is 4.39 Å². The van der Waals surface area contributed by atoms with E-state index in [0.29, 0.717) is 0 Å².